The molecule has 3 heterocycles. The Balaban J connectivity index is 2.23. The summed E-state index contributed by atoms with van der Waals surface area (Å²) in [6.07, 6.45) is 0.851. The monoisotopic (exact) mass is 278 g/mol. The van der Waals surface area contributed by atoms with Crippen LogP contribution in [0, 0.1) is 0 Å². The van der Waals surface area contributed by atoms with E-state index in [1.807, 2.05) is 0 Å². The molecule has 3 rings (SSSR count). The Hall–Kier alpha value is -2.91. The van der Waals surface area contributed by atoms with Crippen LogP contribution in [0.15, 0.2) is 20.4 Å². The number of fused-ring (bicyclic) bond motifs is 1. The van der Waals surface area contributed by atoms with Crippen LogP contribution in [0.1, 0.15) is 5.82 Å². The molecule has 0 aliphatic carbocycles. The Morgan fingerprint density at radius 3 is 2.70 bits per heavy atom. The SMILES string of the molecule is Cn1c(=O)c2c(ncn2Cc2noc(O)n2)n(C)c1=O. The summed E-state index contributed by atoms with van der Waals surface area (Å²) in [5.74, 6) is 0.192. The van der Waals surface area contributed by atoms with Crippen molar-refractivity contribution in [2.45, 2.75) is 6.54 Å². The molecule has 0 saturated heterocycles. The van der Waals surface area contributed by atoms with Gasteiger partial charge in [-0.1, -0.05) is 5.16 Å². The maximum atomic E-state index is 12.2. The molecule has 20 heavy (non-hydrogen) atoms. The molecule has 3 aromatic heterocycles. The second-order valence-electron chi connectivity index (χ2n) is 4.24. The molecule has 104 valence electrons. The van der Waals surface area contributed by atoms with Crippen molar-refractivity contribution in [3.8, 4) is 6.08 Å². The lowest BCUT2D eigenvalue weighted by Crippen LogP contribution is -2.37. The van der Waals surface area contributed by atoms with Gasteiger partial charge in [-0.3, -0.25) is 18.5 Å². The van der Waals surface area contributed by atoms with Gasteiger partial charge in [0.1, 0.15) is 0 Å². The number of hydrogen-bond acceptors (Lipinski definition) is 7. The highest BCUT2D eigenvalue weighted by Gasteiger charge is 2.15. The lowest BCUT2D eigenvalue weighted by molar-refractivity contribution is 0.266. The third-order valence-corrected chi connectivity index (χ3v) is 2.99. The second-order valence-corrected chi connectivity index (χ2v) is 4.24. The fourth-order valence-electron chi connectivity index (χ4n) is 1.98. The molecule has 0 fully saturated rings. The number of aromatic nitrogens is 6. The summed E-state index contributed by atoms with van der Waals surface area (Å²) in [7, 11) is 2.92. The Morgan fingerprint density at radius 2 is 2.05 bits per heavy atom. The van der Waals surface area contributed by atoms with Crippen LogP contribution in [-0.4, -0.2) is 33.9 Å². The van der Waals surface area contributed by atoms with Gasteiger partial charge in [0.2, 0.25) is 0 Å². The van der Waals surface area contributed by atoms with Gasteiger partial charge in [-0.15, -0.1) is 0 Å². The molecular formula is C10H10N6O4. The molecule has 0 aromatic carbocycles. The molecule has 0 unspecified atom stereocenters. The van der Waals surface area contributed by atoms with Crippen LogP contribution in [0.25, 0.3) is 11.2 Å². The van der Waals surface area contributed by atoms with Gasteiger partial charge in [0.25, 0.3) is 5.56 Å². The topological polar surface area (TPSA) is 121 Å². The minimum Gasteiger partial charge on any atom is -0.464 e. The van der Waals surface area contributed by atoms with Gasteiger partial charge in [0.05, 0.1) is 12.9 Å². The third-order valence-electron chi connectivity index (χ3n) is 2.99. The summed E-state index contributed by atoms with van der Waals surface area (Å²) in [6.45, 7) is 0.0913. The Bertz CT molecular complexity index is 914. The first kappa shape index (κ1) is 12.1. The molecule has 0 saturated carbocycles. The Labute approximate surface area is 110 Å². The highest BCUT2D eigenvalue weighted by atomic mass is 16.6. The molecule has 0 bridgehead atoms. The van der Waals surface area contributed by atoms with E-state index in [9.17, 15) is 9.59 Å². The van der Waals surface area contributed by atoms with Crippen LogP contribution < -0.4 is 11.2 Å². The summed E-state index contributed by atoms with van der Waals surface area (Å²) in [5.41, 5.74) is -0.400. The number of aromatic hydroxyl groups is 1. The standard InChI is InChI=1S/C10H10N6O4/c1-14-7-6(8(17)15(2)10(14)19)16(4-11-7)3-5-12-9(18)20-13-5/h4H,3H2,1-2H3,(H,12,13,18). The van der Waals surface area contributed by atoms with Gasteiger partial charge in [-0.05, 0) is 0 Å². The van der Waals surface area contributed by atoms with Crippen LogP contribution in [-0.2, 0) is 20.6 Å². The zero-order chi connectivity index (χ0) is 14.4. The van der Waals surface area contributed by atoms with E-state index in [4.69, 9.17) is 5.11 Å². The van der Waals surface area contributed by atoms with E-state index in [0.717, 1.165) is 4.57 Å². The average molecular weight is 278 g/mol. The van der Waals surface area contributed by atoms with E-state index in [2.05, 4.69) is 19.6 Å². The highest BCUT2D eigenvalue weighted by Crippen LogP contribution is 2.09. The normalized spacial score (nSPS) is 11.3. The van der Waals surface area contributed by atoms with Crippen molar-refractivity contribution < 1.29 is 9.63 Å². The first-order valence-corrected chi connectivity index (χ1v) is 5.61. The van der Waals surface area contributed by atoms with Crippen LogP contribution in [0.3, 0.4) is 0 Å². The first-order valence-electron chi connectivity index (χ1n) is 5.61. The predicted octanol–water partition coefficient (Wildman–Crippen LogP) is -1.43. The molecule has 10 heteroatoms. The Kier molecular flexibility index (Phi) is 2.46. The Morgan fingerprint density at radius 1 is 1.30 bits per heavy atom. The third kappa shape index (κ3) is 1.61. The second kappa shape index (κ2) is 4.05. The van der Waals surface area contributed by atoms with Crippen molar-refractivity contribution in [3.63, 3.8) is 0 Å². The quantitative estimate of drug-likeness (QED) is 0.610. The molecule has 10 nitrogen and oxygen atoms in total. The number of nitrogens with zero attached hydrogens (tertiary/aromatic N) is 6. The lowest BCUT2D eigenvalue weighted by atomic mass is 10.4. The van der Waals surface area contributed by atoms with E-state index in [1.165, 1.54) is 29.6 Å². The zero-order valence-corrected chi connectivity index (χ0v) is 10.6. The van der Waals surface area contributed by atoms with Gasteiger partial charge in [0, 0.05) is 14.1 Å². The van der Waals surface area contributed by atoms with Crippen LogP contribution >= 0.6 is 0 Å². The van der Waals surface area contributed by atoms with E-state index < -0.39 is 17.3 Å². The summed E-state index contributed by atoms with van der Waals surface area (Å²) < 4.78 is 8.20. The molecule has 0 amide bonds. The van der Waals surface area contributed by atoms with Crippen molar-refractivity contribution in [3.05, 3.63) is 33.0 Å². The van der Waals surface area contributed by atoms with Gasteiger partial charge < -0.3 is 9.67 Å². The number of hydrogen-bond donors (Lipinski definition) is 1. The number of aryl methyl sites for hydroxylation is 1. The smallest absolute Gasteiger partial charge is 0.414 e. The maximum absolute atomic E-state index is 12.2. The summed E-state index contributed by atoms with van der Waals surface area (Å²) in [6, 6.07) is 0. The van der Waals surface area contributed by atoms with Gasteiger partial charge >= 0.3 is 11.8 Å². The molecule has 0 spiro atoms. The fraction of sp³-hybridized carbons (Fsp3) is 0.300. The van der Waals surface area contributed by atoms with Crippen LogP contribution in [0.2, 0.25) is 0 Å². The van der Waals surface area contributed by atoms with Crippen LogP contribution in [0.5, 0.6) is 6.08 Å². The highest BCUT2D eigenvalue weighted by molar-refractivity contribution is 5.70. The summed E-state index contributed by atoms with van der Waals surface area (Å²) in [5, 5.41) is 12.5. The first-order chi connectivity index (χ1) is 9.49. The van der Waals surface area contributed by atoms with Gasteiger partial charge in [-0.25, -0.2) is 9.78 Å². The molecule has 3 aromatic rings. The minimum absolute atomic E-state index is 0.0913. The van der Waals surface area contributed by atoms with Crippen molar-refractivity contribution >= 4 is 11.2 Å². The van der Waals surface area contributed by atoms with E-state index in [-0.39, 0.29) is 23.5 Å². The average Bonchev–Trinajstić information content (AvgIpc) is 3.01. The minimum atomic E-state index is -0.551. The largest absolute Gasteiger partial charge is 0.464 e. The van der Waals surface area contributed by atoms with Gasteiger partial charge in [-0.2, -0.15) is 4.98 Å². The molecule has 0 aliphatic rings. The summed E-state index contributed by atoms with van der Waals surface area (Å²) in [4.78, 5) is 31.6. The van der Waals surface area contributed by atoms with Crippen molar-refractivity contribution in [2.75, 3.05) is 0 Å². The maximum Gasteiger partial charge on any atom is 0.414 e. The molecular weight excluding hydrogens is 268 g/mol. The van der Waals surface area contributed by atoms with Crippen molar-refractivity contribution in [2.24, 2.45) is 14.1 Å². The van der Waals surface area contributed by atoms with E-state index in [0.29, 0.717) is 0 Å². The number of rotatable bonds is 2. The molecule has 1 N–H and O–H groups in total. The number of imidazole rings is 1. The molecule has 0 atom stereocenters. The van der Waals surface area contributed by atoms with Crippen molar-refractivity contribution in [1.82, 2.24) is 28.8 Å². The summed E-state index contributed by atoms with van der Waals surface area (Å²) >= 11 is 0. The molecule has 0 aliphatic heterocycles. The van der Waals surface area contributed by atoms with E-state index >= 15 is 0 Å². The lowest BCUT2D eigenvalue weighted by Gasteiger charge is -2.04. The van der Waals surface area contributed by atoms with Gasteiger partial charge in [0.15, 0.2) is 17.0 Å². The zero-order valence-electron chi connectivity index (χ0n) is 10.6. The van der Waals surface area contributed by atoms with Crippen molar-refractivity contribution in [1.29, 1.82) is 0 Å². The van der Waals surface area contributed by atoms with Crippen LogP contribution in [0.4, 0.5) is 0 Å². The predicted molar refractivity (Wildman–Crippen MR) is 65.3 cm³/mol. The van der Waals surface area contributed by atoms with E-state index in [1.54, 1.807) is 0 Å². The fourth-order valence-corrected chi connectivity index (χ4v) is 1.98. The molecule has 0 radical (unpaired) electrons.